The zero-order chi connectivity index (χ0) is 20.0. The molecule has 3 rings (SSSR count). The van der Waals surface area contributed by atoms with Crippen molar-refractivity contribution in [3.05, 3.63) is 83.8 Å². The van der Waals surface area contributed by atoms with Crippen molar-refractivity contribution in [1.82, 2.24) is 10.0 Å². The molecule has 1 amide bonds. The monoisotopic (exact) mass is 400 g/mol. The van der Waals surface area contributed by atoms with Crippen LogP contribution in [0.1, 0.15) is 21.7 Å². The van der Waals surface area contributed by atoms with Crippen LogP contribution in [-0.4, -0.2) is 21.4 Å². The molecule has 0 saturated carbocycles. The van der Waals surface area contributed by atoms with Crippen molar-refractivity contribution in [2.45, 2.75) is 18.0 Å². The molecule has 8 heteroatoms. The van der Waals surface area contributed by atoms with Gasteiger partial charge in [0.25, 0.3) is 5.91 Å². The molecule has 28 heavy (non-hydrogen) atoms. The first-order valence-corrected chi connectivity index (χ1v) is 9.99. The highest BCUT2D eigenvalue weighted by Gasteiger charge is 2.16. The topological polar surface area (TPSA) is 97.6 Å². The normalized spacial score (nSPS) is 11.2. The Hall–Kier alpha value is -3.10. The van der Waals surface area contributed by atoms with Gasteiger partial charge in [0.1, 0.15) is 11.5 Å². The fourth-order valence-corrected chi connectivity index (χ4v) is 3.53. The third kappa shape index (κ3) is 4.99. The molecule has 0 atom stereocenters. The van der Waals surface area contributed by atoms with Crippen LogP contribution < -0.4 is 14.8 Å². The molecular weight excluding hydrogens is 380 g/mol. The van der Waals surface area contributed by atoms with Crippen LogP contribution in [0.15, 0.2) is 76.2 Å². The van der Waals surface area contributed by atoms with E-state index in [1.165, 1.54) is 24.5 Å². The lowest BCUT2D eigenvalue weighted by atomic mass is 10.2. The van der Waals surface area contributed by atoms with Gasteiger partial charge in [-0.1, -0.05) is 18.2 Å². The molecule has 0 fully saturated rings. The Kier molecular flexibility index (Phi) is 6.13. The summed E-state index contributed by atoms with van der Waals surface area (Å²) in [5.41, 5.74) is 1.16. The molecule has 0 aliphatic carbocycles. The number of methoxy groups -OCH3 is 1. The highest BCUT2D eigenvalue weighted by molar-refractivity contribution is 7.89. The quantitative estimate of drug-likeness (QED) is 0.606. The van der Waals surface area contributed by atoms with Gasteiger partial charge in [0.2, 0.25) is 10.0 Å². The Morgan fingerprint density at radius 1 is 1.04 bits per heavy atom. The number of ether oxygens (including phenoxy) is 1. The molecule has 1 aromatic heterocycles. The Balaban J connectivity index is 1.64. The second kappa shape index (κ2) is 8.73. The summed E-state index contributed by atoms with van der Waals surface area (Å²) >= 11 is 0. The van der Waals surface area contributed by atoms with Crippen LogP contribution in [0.5, 0.6) is 5.75 Å². The van der Waals surface area contributed by atoms with Crippen molar-refractivity contribution in [2.75, 3.05) is 7.11 Å². The van der Waals surface area contributed by atoms with Crippen molar-refractivity contribution >= 4 is 15.9 Å². The molecule has 2 aromatic carbocycles. The van der Waals surface area contributed by atoms with Gasteiger partial charge in [0.15, 0.2) is 0 Å². The minimum atomic E-state index is -3.77. The van der Waals surface area contributed by atoms with Crippen molar-refractivity contribution in [3.63, 3.8) is 0 Å². The van der Waals surface area contributed by atoms with Gasteiger partial charge in [-0.05, 0) is 48.0 Å². The van der Waals surface area contributed by atoms with E-state index in [0.717, 1.165) is 11.3 Å². The van der Waals surface area contributed by atoms with Crippen LogP contribution in [0.4, 0.5) is 0 Å². The van der Waals surface area contributed by atoms with E-state index >= 15 is 0 Å². The number of sulfonamides is 1. The third-order valence-corrected chi connectivity index (χ3v) is 5.43. The number of hydrogen-bond acceptors (Lipinski definition) is 5. The van der Waals surface area contributed by atoms with Crippen LogP contribution >= 0.6 is 0 Å². The molecule has 0 bridgehead atoms. The number of benzene rings is 2. The lowest BCUT2D eigenvalue weighted by molar-refractivity contribution is 0.0950. The Bertz CT molecular complexity index is 1030. The number of furan rings is 1. The maximum absolute atomic E-state index is 12.4. The average Bonchev–Trinajstić information content (AvgIpc) is 3.25. The zero-order valence-corrected chi connectivity index (χ0v) is 16.0. The second-order valence-electron chi connectivity index (χ2n) is 5.96. The first-order chi connectivity index (χ1) is 13.5. The Labute approximate surface area is 163 Å². The maximum Gasteiger partial charge on any atom is 0.251 e. The van der Waals surface area contributed by atoms with Gasteiger partial charge in [-0.2, -0.15) is 0 Å². The SMILES string of the molecule is COc1ccc(CNC(=O)c2cccc(S(=O)(=O)NCc3ccco3)c2)cc1. The summed E-state index contributed by atoms with van der Waals surface area (Å²) in [7, 11) is -2.19. The van der Waals surface area contributed by atoms with Crippen LogP contribution in [0, 0.1) is 0 Å². The number of carbonyl (C=O) groups is 1. The first kappa shape index (κ1) is 19.7. The van der Waals surface area contributed by atoms with E-state index in [1.807, 2.05) is 12.1 Å². The molecule has 146 valence electrons. The van der Waals surface area contributed by atoms with E-state index in [9.17, 15) is 13.2 Å². The van der Waals surface area contributed by atoms with E-state index < -0.39 is 10.0 Å². The highest BCUT2D eigenvalue weighted by atomic mass is 32.2. The van der Waals surface area contributed by atoms with E-state index in [2.05, 4.69) is 10.0 Å². The fraction of sp³-hybridized carbons (Fsp3) is 0.150. The Morgan fingerprint density at radius 3 is 2.50 bits per heavy atom. The molecule has 7 nitrogen and oxygen atoms in total. The number of carbonyl (C=O) groups excluding carboxylic acids is 1. The third-order valence-electron chi connectivity index (χ3n) is 4.04. The molecule has 0 unspecified atom stereocenters. The smallest absolute Gasteiger partial charge is 0.251 e. The maximum atomic E-state index is 12.4. The lowest BCUT2D eigenvalue weighted by Gasteiger charge is -2.09. The van der Waals surface area contributed by atoms with Crippen molar-refractivity contribution in [2.24, 2.45) is 0 Å². The molecule has 3 aromatic rings. The lowest BCUT2D eigenvalue weighted by Crippen LogP contribution is -2.25. The van der Waals surface area contributed by atoms with Gasteiger partial charge in [0.05, 0.1) is 24.8 Å². The molecule has 0 saturated heterocycles. The number of hydrogen-bond donors (Lipinski definition) is 2. The van der Waals surface area contributed by atoms with Gasteiger partial charge in [-0.3, -0.25) is 4.79 Å². The predicted octanol–water partition coefficient (Wildman–Crippen LogP) is 2.70. The van der Waals surface area contributed by atoms with Gasteiger partial charge in [-0.25, -0.2) is 13.1 Å². The van der Waals surface area contributed by atoms with Gasteiger partial charge in [-0.15, -0.1) is 0 Å². The first-order valence-electron chi connectivity index (χ1n) is 8.51. The van der Waals surface area contributed by atoms with Crippen LogP contribution in [-0.2, 0) is 23.1 Å². The average molecular weight is 400 g/mol. The molecule has 0 spiro atoms. The Morgan fingerprint density at radius 2 is 1.82 bits per heavy atom. The van der Waals surface area contributed by atoms with Crippen LogP contribution in [0.3, 0.4) is 0 Å². The van der Waals surface area contributed by atoms with E-state index in [-0.39, 0.29) is 22.9 Å². The van der Waals surface area contributed by atoms with Gasteiger partial charge < -0.3 is 14.5 Å². The zero-order valence-electron chi connectivity index (χ0n) is 15.2. The summed E-state index contributed by atoms with van der Waals surface area (Å²) in [5.74, 6) is 0.867. The summed E-state index contributed by atoms with van der Waals surface area (Å²) in [5, 5.41) is 2.78. The molecule has 1 heterocycles. The number of nitrogens with one attached hydrogen (secondary N) is 2. The molecule has 0 aliphatic rings. The number of amides is 1. The number of rotatable bonds is 8. The molecular formula is C20H20N2O5S. The molecule has 2 N–H and O–H groups in total. The van der Waals surface area contributed by atoms with E-state index in [4.69, 9.17) is 9.15 Å². The largest absolute Gasteiger partial charge is 0.497 e. The van der Waals surface area contributed by atoms with E-state index in [1.54, 1.807) is 37.4 Å². The van der Waals surface area contributed by atoms with Crippen LogP contribution in [0.2, 0.25) is 0 Å². The minimum Gasteiger partial charge on any atom is -0.497 e. The van der Waals surface area contributed by atoms with Crippen molar-refractivity contribution < 1.29 is 22.4 Å². The van der Waals surface area contributed by atoms with Crippen LogP contribution in [0.25, 0.3) is 0 Å². The minimum absolute atomic E-state index is 0.0103. The van der Waals surface area contributed by atoms with E-state index in [0.29, 0.717) is 12.3 Å². The van der Waals surface area contributed by atoms with Gasteiger partial charge >= 0.3 is 0 Å². The fourth-order valence-electron chi connectivity index (χ4n) is 2.49. The molecule has 0 aliphatic heterocycles. The second-order valence-corrected chi connectivity index (χ2v) is 7.73. The summed E-state index contributed by atoms with van der Waals surface area (Å²) in [6, 6.07) is 16.5. The molecule has 0 radical (unpaired) electrons. The van der Waals surface area contributed by atoms with Crippen molar-refractivity contribution in [1.29, 1.82) is 0 Å². The standard InChI is InChI=1S/C20H20N2O5S/c1-26-17-9-7-15(8-10-17)13-21-20(23)16-4-2-6-19(12-16)28(24,25)22-14-18-5-3-11-27-18/h2-12,22H,13-14H2,1H3,(H,21,23). The summed E-state index contributed by atoms with van der Waals surface area (Å²) in [4.78, 5) is 12.4. The predicted molar refractivity (Wildman–Crippen MR) is 103 cm³/mol. The van der Waals surface area contributed by atoms with Crippen molar-refractivity contribution in [3.8, 4) is 5.75 Å². The highest BCUT2D eigenvalue weighted by Crippen LogP contribution is 2.14. The summed E-state index contributed by atoms with van der Waals surface area (Å²) < 4.78 is 37.6. The summed E-state index contributed by atoms with van der Waals surface area (Å²) in [6.07, 6.45) is 1.47. The van der Waals surface area contributed by atoms with Gasteiger partial charge in [0, 0.05) is 12.1 Å². The summed E-state index contributed by atoms with van der Waals surface area (Å²) in [6.45, 7) is 0.347.